The van der Waals surface area contributed by atoms with Gasteiger partial charge in [0.25, 0.3) is 0 Å². The number of cyclic esters (lactones) is 1. The summed E-state index contributed by atoms with van der Waals surface area (Å²) in [5.74, 6) is -1.84. The summed E-state index contributed by atoms with van der Waals surface area (Å²) in [5, 5.41) is 15.1. The number of ether oxygens (including phenoxy) is 8. The number of hydrogen-bond acceptors (Lipinski definition) is 13. The molecule has 6 aliphatic rings. The number of methoxy groups -OCH3 is 3. The molecule has 0 aromatic heterocycles. The average molecular weight is 751 g/mol. The van der Waals surface area contributed by atoms with Crippen molar-refractivity contribution in [2.45, 2.75) is 165 Å². The van der Waals surface area contributed by atoms with Gasteiger partial charge < -0.3 is 54.1 Å². The molecule has 5 fully saturated rings. The Labute approximate surface area is 315 Å². The fraction of sp³-hybridized carbons (Fsp3) is 0.900. The summed E-state index contributed by atoms with van der Waals surface area (Å²) in [6.07, 6.45) is 3.54. The van der Waals surface area contributed by atoms with E-state index in [1.54, 1.807) is 21.3 Å². The zero-order valence-electron chi connectivity index (χ0n) is 33.0. The third-order valence-electron chi connectivity index (χ3n) is 13.7. The van der Waals surface area contributed by atoms with Gasteiger partial charge in [-0.25, -0.2) is 0 Å². The number of likely N-dealkylation sites (N-methyl/N-ethyl adjacent to an activating group) is 1. The van der Waals surface area contributed by atoms with E-state index in [9.17, 15) is 14.7 Å². The molecule has 4 unspecified atom stereocenters. The molecule has 4 N–H and O–H groups in total. The molecule has 0 aromatic rings. The van der Waals surface area contributed by atoms with Crippen molar-refractivity contribution in [3.8, 4) is 0 Å². The van der Waals surface area contributed by atoms with Crippen molar-refractivity contribution in [3.05, 3.63) is 11.6 Å². The van der Waals surface area contributed by atoms with Gasteiger partial charge in [0.2, 0.25) is 0 Å². The molecule has 13 nitrogen and oxygen atoms in total. The van der Waals surface area contributed by atoms with Gasteiger partial charge in [-0.2, -0.15) is 0 Å². The minimum atomic E-state index is -0.826. The van der Waals surface area contributed by atoms with E-state index in [0.717, 1.165) is 19.3 Å². The molecule has 302 valence electrons. The summed E-state index contributed by atoms with van der Waals surface area (Å²) in [6, 6.07) is -0.376. The van der Waals surface area contributed by atoms with Crippen molar-refractivity contribution in [1.82, 2.24) is 5.32 Å². The molecular formula is C40H66N2O11. The SMILES string of the molecule is CC[C@H]1CCC[C@H](O[C@H]2CC[C@H](NC)C(C)O2)[C@@H](C)C(=O)C2=C[C@H]3[C@@H]4C[C@H](O[C@@H]5OC(C)[C@H](OC)C(OC)C5OC)C[C@H]4[C@@H](O)[C@H](N)[C@H]3[C@@H]2CC(=O)O1. The monoisotopic (exact) mass is 750 g/mol. The standard InChI is InChI=1S/C40H66N2O11/c1-9-22-11-10-12-30(53-32-14-13-29(42-5)20(3)49-32)19(2)35(44)28-17-25-24-15-23(52-40-39(48-8)38(47-7)37(46-6)21(4)50-40)16-27(24)36(45)34(41)33(25)26(28)18-31(43)51-22/h17,19-27,29-30,32-34,36-40,42,45H,9-16,18,41H2,1-8H3/t19-,20?,21?,22+,23+,24+,25+,26-,27-,29+,30+,32+,33-,34-,36-,37+,38?,39?,40+/m1/s1. The molecule has 3 aliphatic carbocycles. The van der Waals surface area contributed by atoms with Gasteiger partial charge in [0, 0.05) is 45.2 Å². The maximum absolute atomic E-state index is 14.7. The fourth-order valence-electron chi connectivity index (χ4n) is 10.8. The Hall–Kier alpha value is -1.52. The molecular weight excluding hydrogens is 684 g/mol. The first-order valence-electron chi connectivity index (χ1n) is 20.2. The molecule has 0 amide bonds. The number of ketones is 1. The molecule has 13 heteroatoms. The molecule has 0 radical (unpaired) electrons. The van der Waals surface area contributed by atoms with E-state index < -0.39 is 48.8 Å². The Morgan fingerprint density at radius 1 is 0.906 bits per heavy atom. The summed E-state index contributed by atoms with van der Waals surface area (Å²) in [7, 11) is 6.81. The maximum atomic E-state index is 14.7. The van der Waals surface area contributed by atoms with Crippen LogP contribution in [0.5, 0.6) is 0 Å². The summed E-state index contributed by atoms with van der Waals surface area (Å²) in [4.78, 5) is 28.3. The van der Waals surface area contributed by atoms with E-state index in [1.165, 1.54) is 0 Å². The van der Waals surface area contributed by atoms with E-state index in [1.807, 2.05) is 27.8 Å². The molecule has 6 rings (SSSR count). The third kappa shape index (κ3) is 8.31. The first kappa shape index (κ1) is 41.1. The summed E-state index contributed by atoms with van der Waals surface area (Å²) >= 11 is 0. The number of nitrogens with two attached hydrogens (primary N) is 1. The molecule has 53 heavy (non-hydrogen) atoms. The highest BCUT2D eigenvalue weighted by Crippen LogP contribution is 2.56. The Balaban J connectivity index is 1.25. The lowest BCUT2D eigenvalue weighted by molar-refractivity contribution is -0.314. The average Bonchev–Trinajstić information content (AvgIpc) is 3.73. The van der Waals surface area contributed by atoms with Crippen molar-refractivity contribution in [2.24, 2.45) is 41.2 Å². The lowest BCUT2D eigenvalue weighted by atomic mass is 9.62. The van der Waals surface area contributed by atoms with Gasteiger partial charge in [-0.3, -0.25) is 9.59 Å². The molecule has 3 aliphatic heterocycles. The second-order valence-corrected chi connectivity index (χ2v) is 16.5. The van der Waals surface area contributed by atoms with E-state index in [2.05, 4.69) is 18.3 Å². The van der Waals surface area contributed by atoms with Gasteiger partial charge >= 0.3 is 5.97 Å². The number of nitrogens with one attached hydrogen (secondary N) is 1. The van der Waals surface area contributed by atoms with Crippen molar-refractivity contribution in [3.63, 3.8) is 0 Å². The van der Waals surface area contributed by atoms with Crippen molar-refractivity contribution in [2.75, 3.05) is 28.4 Å². The van der Waals surface area contributed by atoms with Gasteiger partial charge in [0.1, 0.15) is 24.4 Å². The molecule has 19 atom stereocenters. The zero-order chi connectivity index (χ0) is 38.1. The van der Waals surface area contributed by atoms with Crippen LogP contribution in [0, 0.1) is 35.5 Å². The maximum Gasteiger partial charge on any atom is 0.306 e. The van der Waals surface area contributed by atoms with Crippen LogP contribution in [-0.2, 0) is 47.5 Å². The lowest BCUT2D eigenvalue weighted by Crippen LogP contribution is -2.59. The largest absolute Gasteiger partial charge is 0.462 e. The lowest BCUT2D eigenvalue weighted by Gasteiger charge is -2.45. The predicted molar refractivity (Wildman–Crippen MR) is 194 cm³/mol. The van der Waals surface area contributed by atoms with Gasteiger partial charge in [-0.15, -0.1) is 0 Å². The smallest absolute Gasteiger partial charge is 0.306 e. The van der Waals surface area contributed by atoms with Crippen LogP contribution in [0.4, 0.5) is 0 Å². The number of aliphatic hydroxyl groups excluding tert-OH is 1. The number of fused-ring (bicyclic) bond motifs is 5. The number of aliphatic hydroxyl groups is 1. The highest BCUT2D eigenvalue weighted by Gasteiger charge is 2.59. The van der Waals surface area contributed by atoms with Crippen molar-refractivity contribution in [1.29, 1.82) is 0 Å². The van der Waals surface area contributed by atoms with Crippen LogP contribution in [0.1, 0.15) is 85.5 Å². The van der Waals surface area contributed by atoms with Crippen LogP contribution in [0.2, 0.25) is 0 Å². The zero-order valence-corrected chi connectivity index (χ0v) is 33.0. The summed E-state index contributed by atoms with van der Waals surface area (Å²) in [5.41, 5.74) is 7.57. The predicted octanol–water partition coefficient (Wildman–Crippen LogP) is 3.28. The van der Waals surface area contributed by atoms with E-state index in [0.29, 0.717) is 37.7 Å². The topological polar surface area (TPSA) is 166 Å². The highest BCUT2D eigenvalue weighted by atomic mass is 16.7. The Kier molecular flexibility index (Phi) is 13.8. The minimum Gasteiger partial charge on any atom is -0.462 e. The second-order valence-electron chi connectivity index (χ2n) is 16.5. The number of Topliss-reactive ketones (excluding diaryl/α,β-unsaturated/α-hetero) is 1. The van der Waals surface area contributed by atoms with Gasteiger partial charge in [-0.05, 0) is 102 Å². The van der Waals surface area contributed by atoms with Crippen LogP contribution in [-0.4, -0.2) is 125 Å². The molecule has 3 saturated heterocycles. The normalized spacial score (nSPS) is 48.1. The van der Waals surface area contributed by atoms with E-state index >= 15 is 0 Å². The minimum absolute atomic E-state index is 0.00532. The quantitative estimate of drug-likeness (QED) is 0.294. The van der Waals surface area contributed by atoms with Crippen LogP contribution in [0.3, 0.4) is 0 Å². The number of hydrogen-bond donors (Lipinski definition) is 3. The van der Waals surface area contributed by atoms with Crippen molar-refractivity contribution < 1.29 is 52.6 Å². The Bertz CT molecular complexity index is 1280. The van der Waals surface area contributed by atoms with Crippen LogP contribution in [0.25, 0.3) is 0 Å². The molecule has 2 saturated carbocycles. The molecule has 0 bridgehead atoms. The van der Waals surface area contributed by atoms with Gasteiger partial charge in [-0.1, -0.05) is 19.9 Å². The first-order valence-corrected chi connectivity index (χ1v) is 20.2. The van der Waals surface area contributed by atoms with Gasteiger partial charge in [0.05, 0.1) is 36.9 Å². The number of carbonyl (C=O) groups is 2. The summed E-state index contributed by atoms with van der Waals surface area (Å²) < 4.78 is 49.2. The van der Waals surface area contributed by atoms with Gasteiger partial charge in [0.15, 0.2) is 18.4 Å². The Morgan fingerprint density at radius 3 is 2.28 bits per heavy atom. The third-order valence-corrected chi connectivity index (χ3v) is 13.7. The number of rotatable bonds is 9. The summed E-state index contributed by atoms with van der Waals surface area (Å²) in [6.45, 7) is 7.96. The Morgan fingerprint density at radius 2 is 1.62 bits per heavy atom. The van der Waals surface area contributed by atoms with Crippen LogP contribution in [0.15, 0.2) is 11.6 Å². The van der Waals surface area contributed by atoms with Crippen LogP contribution < -0.4 is 11.1 Å². The fourth-order valence-corrected chi connectivity index (χ4v) is 10.8. The molecule has 0 aromatic carbocycles. The van der Waals surface area contributed by atoms with Crippen LogP contribution >= 0.6 is 0 Å². The number of allylic oxidation sites excluding steroid dienone is 2. The van der Waals surface area contributed by atoms with E-state index in [-0.39, 0.29) is 84.5 Å². The van der Waals surface area contributed by atoms with Crippen molar-refractivity contribution >= 4 is 11.8 Å². The molecule has 0 spiro atoms. The van der Waals surface area contributed by atoms with E-state index in [4.69, 9.17) is 43.6 Å². The number of esters is 1. The highest BCUT2D eigenvalue weighted by molar-refractivity contribution is 5.99. The first-order chi connectivity index (χ1) is 25.4. The number of carbonyl (C=O) groups excluding carboxylic acids is 2. The second kappa shape index (κ2) is 17.7. The molecule has 3 heterocycles.